The molecule has 31 heavy (non-hydrogen) atoms. The second-order valence-electron chi connectivity index (χ2n) is 9.21. The second kappa shape index (κ2) is 8.84. The number of hydrogen-bond donors (Lipinski definition) is 0. The van der Waals surface area contributed by atoms with E-state index in [-0.39, 0.29) is 0 Å². The van der Waals surface area contributed by atoms with Crippen molar-refractivity contribution in [3.63, 3.8) is 0 Å². The van der Waals surface area contributed by atoms with E-state index in [9.17, 15) is 0 Å². The zero-order valence-electron chi connectivity index (χ0n) is 19.6. The van der Waals surface area contributed by atoms with Crippen LogP contribution in [-0.2, 0) is 0 Å². The van der Waals surface area contributed by atoms with Crippen molar-refractivity contribution in [1.29, 1.82) is 0 Å². The molecule has 0 aromatic heterocycles. The molecule has 0 amide bonds. The maximum absolute atomic E-state index is 2.45. The molecule has 4 rings (SSSR count). The number of benzene rings is 3. The van der Waals surface area contributed by atoms with Crippen LogP contribution in [0.1, 0.15) is 43.4 Å². The van der Waals surface area contributed by atoms with Gasteiger partial charge >= 0.3 is 0 Å². The van der Waals surface area contributed by atoms with E-state index in [1.807, 2.05) is 0 Å². The summed E-state index contributed by atoms with van der Waals surface area (Å²) in [7, 11) is -2.41. The summed E-state index contributed by atoms with van der Waals surface area (Å²) in [5.74, 6) is 0.569. The average Bonchev–Trinajstić information content (AvgIpc) is 3.24. The molecule has 0 saturated heterocycles. The molecule has 3 aromatic carbocycles. The first-order valence-corrected chi connectivity index (χ1v) is 13.6. The Morgan fingerprint density at radius 3 is 1.58 bits per heavy atom. The molecule has 1 aliphatic rings. The average molecular weight is 423 g/mol. The first-order valence-electron chi connectivity index (χ1n) is 11.6. The molecule has 0 nitrogen and oxygen atoms in total. The summed E-state index contributed by atoms with van der Waals surface area (Å²) in [6.45, 7) is 11.4. The first kappa shape index (κ1) is 21.6. The van der Waals surface area contributed by atoms with Crippen LogP contribution in [0.3, 0.4) is 0 Å². The molecule has 0 fully saturated rings. The fourth-order valence-electron chi connectivity index (χ4n) is 5.23. The first-order chi connectivity index (χ1) is 15.0. The standard InChI is InChI=1S/C30H34Si/c1-6-25(5)29-17-10-18-30(29)31(26-14-7-11-22(2)19-26,27-15-8-12-23(3)20-27)28-16-9-13-24(4)21-28/h7-17,19-21,25H,6,18H2,1-5H3. The van der Waals surface area contributed by atoms with Gasteiger partial charge in [-0.3, -0.25) is 0 Å². The van der Waals surface area contributed by atoms with Crippen molar-refractivity contribution in [3.05, 3.63) is 112 Å². The number of rotatable bonds is 6. The van der Waals surface area contributed by atoms with Gasteiger partial charge in [0, 0.05) is 0 Å². The van der Waals surface area contributed by atoms with E-state index in [2.05, 4.69) is 120 Å². The molecule has 0 saturated carbocycles. The molecule has 1 aliphatic carbocycles. The van der Waals surface area contributed by atoms with Crippen LogP contribution in [0.4, 0.5) is 0 Å². The predicted octanol–water partition coefficient (Wildman–Crippen LogP) is 5.92. The Kier molecular flexibility index (Phi) is 6.16. The van der Waals surface area contributed by atoms with Crippen LogP contribution in [0.5, 0.6) is 0 Å². The molecule has 1 heteroatoms. The molecule has 1 unspecified atom stereocenters. The molecule has 3 aromatic rings. The van der Waals surface area contributed by atoms with Crippen LogP contribution in [0.15, 0.2) is 95.7 Å². The Morgan fingerprint density at radius 2 is 1.19 bits per heavy atom. The molecule has 0 aliphatic heterocycles. The second-order valence-corrected chi connectivity index (χ2v) is 13.0. The summed E-state index contributed by atoms with van der Waals surface area (Å²) in [6.07, 6.45) is 7.05. The van der Waals surface area contributed by atoms with E-state index < -0.39 is 8.07 Å². The van der Waals surface area contributed by atoms with Gasteiger partial charge in [0.25, 0.3) is 0 Å². The fourth-order valence-corrected chi connectivity index (χ4v) is 10.8. The van der Waals surface area contributed by atoms with Gasteiger partial charge in [0.2, 0.25) is 0 Å². The van der Waals surface area contributed by atoms with Crippen molar-refractivity contribution in [2.24, 2.45) is 5.92 Å². The van der Waals surface area contributed by atoms with Gasteiger partial charge in [-0.15, -0.1) is 0 Å². The Bertz CT molecular complexity index is 1040. The number of hydrogen-bond acceptors (Lipinski definition) is 0. The van der Waals surface area contributed by atoms with Crippen LogP contribution in [0, 0.1) is 26.7 Å². The molecule has 0 spiro atoms. The summed E-state index contributed by atoms with van der Waals surface area (Å²) in [5, 5.41) is 6.18. The normalized spacial score (nSPS) is 14.9. The van der Waals surface area contributed by atoms with Gasteiger partial charge in [0.05, 0.1) is 0 Å². The Balaban J connectivity index is 2.17. The van der Waals surface area contributed by atoms with Crippen molar-refractivity contribution >= 4 is 23.6 Å². The summed E-state index contributed by atoms with van der Waals surface area (Å²) >= 11 is 0. The van der Waals surface area contributed by atoms with Crippen LogP contribution >= 0.6 is 0 Å². The largest absolute Gasteiger partial charge is 0.176 e. The Labute approximate surface area is 189 Å². The lowest BCUT2D eigenvalue weighted by Crippen LogP contribution is -2.69. The Morgan fingerprint density at radius 1 is 0.742 bits per heavy atom. The highest BCUT2D eigenvalue weighted by atomic mass is 28.3. The van der Waals surface area contributed by atoms with E-state index in [1.165, 1.54) is 38.7 Å². The molecule has 0 N–H and O–H groups in total. The van der Waals surface area contributed by atoms with E-state index in [0.717, 1.165) is 6.42 Å². The highest BCUT2D eigenvalue weighted by molar-refractivity contribution is 7.16. The quantitative estimate of drug-likeness (QED) is 0.341. The Hall–Kier alpha value is -2.64. The van der Waals surface area contributed by atoms with Crippen LogP contribution in [0.25, 0.3) is 0 Å². The minimum absolute atomic E-state index is 0.569. The monoisotopic (exact) mass is 422 g/mol. The van der Waals surface area contributed by atoms with Crippen LogP contribution in [0.2, 0.25) is 0 Å². The van der Waals surface area contributed by atoms with E-state index in [4.69, 9.17) is 0 Å². The van der Waals surface area contributed by atoms with Gasteiger partial charge in [-0.2, -0.15) is 0 Å². The van der Waals surface area contributed by atoms with E-state index in [1.54, 1.807) is 10.8 Å². The molecule has 0 bridgehead atoms. The third-order valence-electron chi connectivity index (χ3n) is 6.92. The highest BCUT2D eigenvalue weighted by Gasteiger charge is 2.45. The zero-order valence-corrected chi connectivity index (χ0v) is 20.6. The van der Waals surface area contributed by atoms with Gasteiger partial charge in [0.15, 0.2) is 8.07 Å². The third-order valence-corrected chi connectivity index (χ3v) is 11.8. The summed E-state index contributed by atoms with van der Waals surface area (Å²) in [5.41, 5.74) is 5.59. The summed E-state index contributed by atoms with van der Waals surface area (Å²) in [4.78, 5) is 0. The van der Waals surface area contributed by atoms with Crippen LogP contribution < -0.4 is 15.6 Å². The third kappa shape index (κ3) is 3.88. The lowest BCUT2D eigenvalue weighted by Gasteiger charge is -2.37. The molecular formula is C30H34Si. The lowest BCUT2D eigenvalue weighted by molar-refractivity contribution is 0.669. The molecular weight excluding hydrogens is 388 g/mol. The van der Waals surface area contributed by atoms with Crippen LogP contribution in [-0.4, -0.2) is 8.07 Å². The number of aryl methyl sites for hydroxylation is 3. The molecule has 0 radical (unpaired) electrons. The molecule has 158 valence electrons. The topological polar surface area (TPSA) is 0 Å². The molecule has 0 heterocycles. The molecule has 1 atom stereocenters. The van der Waals surface area contributed by atoms with E-state index in [0.29, 0.717) is 5.92 Å². The minimum atomic E-state index is -2.41. The highest BCUT2D eigenvalue weighted by Crippen LogP contribution is 2.34. The van der Waals surface area contributed by atoms with Gasteiger partial charge in [-0.25, -0.2) is 0 Å². The SMILES string of the molecule is CCC(C)C1=C([Si](c2cccc(C)c2)(c2cccc(C)c2)c2cccc(C)c2)CC=C1. The van der Waals surface area contributed by atoms with Gasteiger partial charge in [-0.1, -0.05) is 121 Å². The van der Waals surface area contributed by atoms with Crippen molar-refractivity contribution in [2.75, 3.05) is 0 Å². The number of allylic oxidation sites excluding steroid dienone is 4. The van der Waals surface area contributed by atoms with Crippen molar-refractivity contribution in [1.82, 2.24) is 0 Å². The maximum Gasteiger partial charge on any atom is 0.176 e. The fraction of sp³-hybridized carbons (Fsp3) is 0.267. The zero-order chi connectivity index (χ0) is 22.0. The minimum Gasteiger partial charge on any atom is -0.0805 e. The maximum atomic E-state index is 2.45. The lowest BCUT2D eigenvalue weighted by atomic mass is 10.00. The van der Waals surface area contributed by atoms with Crippen molar-refractivity contribution < 1.29 is 0 Å². The predicted molar refractivity (Wildman–Crippen MR) is 138 cm³/mol. The van der Waals surface area contributed by atoms with Gasteiger partial charge < -0.3 is 0 Å². The summed E-state index contributed by atoms with van der Waals surface area (Å²) in [6, 6.07) is 28.0. The van der Waals surface area contributed by atoms with Gasteiger partial charge in [0.1, 0.15) is 0 Å². The smallest absolute Gasteiger partial charge is 0.0805 e. The van der Waals surface area contributed by atoms with E-state index >= 15 is 0 Å². The van der Waals surface area contributed by atoms with Crippen molar-refractivity contribution in [3.8, 4) is 0 Å². The van der Waals surface area contributed by atoms with Crippen molar-refractivity contribution in [2.45, 2.75) is 47.5 Å². The van der Waals surface area contributed by atoms with Gasteiger partial charge in [-0.05, 0) is 60.7 Å². The summed E-state index contributed by atoms with van der Waals surface area (Å²) < 4.78 is 0.